The zero-order valence-electron chi connectivity index (χ0n) is 16.4. The number of anilines is 1. The zero-order chi connectivity index (χ0) is 20.4. The highest BCUT2D eigenvalue weighted by Crippen LogP contribution is 2.41. The number of hydrogen-bond donors (Lipinski definition) is 1. The van der Waals surface area contributed by atoms with Crippen molar-refractivity contribution in [3.8, 4) is 23.1 Å². The molecule has 0 spiro atoms. The zero-order valence-corrected chi connectivity index (χ0v) is 17.2. The molecule has 0 fully saturated rings. The Kier molecular flexibility index (Phi) is 5.39. The summed E-state index contributed by atoms with van der Waals surface area (Å²) in [6.07, 6.45) is 4.67. The second kappa shape index (κ2) is 8.12. The van der Waals surface area contributed by atoms with E-state index < -0.39 is 0 Å². The largest absolute Gasteiger partial charge is 0.493 e. The van der Waals surface area contributed by atoms with Gasteiger partial charge in [-0.3, -0.25) is 4.79 Å². The summed E-state index contributed by atoms with van der Waals surface area (Å²) in [6.45, 7) is -0.173. The molecule has 3 aromatic rings. The van der Waals surface area contributed by atoms with Crippen LogP contribution in [-0.2, 0) is 17.6 Å². The van der Waals surface area contributed by atoms with Gasteiger partial charge >= 0.3 is 0 Å². The molecular weight excluding hydrogens is 394 g/mol. The smallest absolute Gasteiger partial charge is 0.262 e. The first-order valence-corrected chi connectivity index (χ1v) is 9.94. The van der Waals surface area contributed by atoms with Crippen molar-refractivity contribution >= 4 is 33.1 Å². The van der Waals surface area contributed by atoms with E-state index in [1.54, 1.807) is 23.5 Å². The first-order chi connectivity index (χ1) is 14.1. The highest BCUT2D eigenvalue weighted by molar-refractivity contribution is 7.18. The van der Waals surface area contributed by atoms with Gasteiger partial charge in [-0.1, -0.05) is 0 Å². The molecule has 0 bridgehead atoms. The van der Waals surface area contributed by atoms with E-state index in [1.165, 1.54) is 38.1 Å². The lowest BCUT2D eigenvalue weighted by Crippen LogP contribution is -2.20. The average molecular weight is 415 g/mol. The lowest BCUT2D eigenvalue weighted by molar-refractivity contribution is -0.118. The Balaban J connectivity index is 1.50. The van der Waals surface area contributed by atoms with Crippen molar-refractivity contribution in [2.45, 2.75) is 19.3 Å². The van der Waals surface area contributed by atoms with Crippen molar-refractivity contribution < 1.29 is 23.7 Å². The number of methoxy groups -OCH3 is 3. The minimum atomic E-state index is -0.321. The molecule has 0 saturated heterocycles. The summed E-state index contributed by atoms with van der Waals surface area (Å²) >= 11 is 1.68. The van der Waals surface area contributed by atoms with Crippen LogP contribution in [0.15, 0.2) is 18.5 Å². The van der Waals surface area contributed by atoms with Crippen molar-refractivity contribution in [1.82, 2.24) is 9.97 Å². The summed E-state index contributed by atoms with van der Waals surface area (Å²) in [4.78, 5) is 23.3. The number of fused-ring (bicyclic) bond motifs is 3. The molecule has 29 heavy (non-hydrogen) atoms. The fourth-order valence-electron chi connectivity index (χ4n) is 3.49. The Morgan fingerprint density at radius 2 is 1.86 bits per heavy atom. The van der Waals surface area contributed by atoms with Gasteiger partial charge in [-0.05, 0) is 24.8 Å². The van der Waals surface area contributed by atoms with Crippen LogP contribution in [0.25, 0.3) is 10.2 Å². The van der Waals surface area contributed by atoms with E-state index in [-0.39, 0.29) is 12.5 Å². The lowest BCUT2D eigenvalue weighted by Gasteiger charge is -2.14. The fraction of sp³-hybridized carbons (Fsp3) is 0.350. The molecule has 0 saturated carbocycles. The Bertz CT molecular complexity index is 1040. The van der Waals surface area contributed by atoms with Gasteiger partial charge in [0.1, 0.15) is 11.2 Å². The number of nitrogens with one attached hydrogen (secondary N) is 1. The first kappa shape index (κ1) is 19.3. The van der Waals surface area contributed by atoms with Crippen LogP contribution in [0, 0.1) is 0 Å². The van der Waals surface area contributed by atoms with Crippen LogP contribution in [0.4, 0.5) is 5.69 Å². The van der Waals surface area contributed by atoms with Crippen molar-refractivity contribution in [1.29, 1.82) is 0 Å². The summed E-state index contributed by atoms with van der Waals surface area (Å²) in [5, 5.41) is 3.72. The molecule has 1 amide bonds. The highest BCUT2D eigenvalue weighted by atomic mass is 32.1. The number of rotatable bonds is 7. The molecule has 9 heteroatoms. The summed E-state index contributed by atoms with van der Waals surface area (Å²) in [6, 6.07) is 3.32. The van der Waals surface area contributed by atoms with Crippen molar-refractivity contribution in [3.63, 3.8) is 0 Å². The third kappa shape index (κ3) is 3.65. The van der Waals surface area contributed by atoms with Gasteiger partial charge in [-0.25, -0.2) is 9.97 Å². The fourth-order valence-corrected chi connectivity index (χ4v) is 4.71. The number of hydrogen-bond acceptors (Lipinski definition) is 8. The Hall–Kier alpha value is -3.07. The number of thiophene rings is 1. The summed E-state index contributed by atoms with van der Waals surface area (Å²) in [7, 11) is 4.56. The molecule has 152 valence electrons. The maximum Gasteiger partial charge on any atom is 0.262 e. The predicted molar refractivity (Wildman–Crippen MR) is 110 cm³/mol. The van der Waals surface area contributed by atoms with Crippen LogP contribution in [0.1, 0.15) is 16.9 Å². The van der Waals surface area contributed by atoms with Crippen LogP contribution in [0.2, 0.25) is 0 Å². The number of aromatic nitrogens is 2. The minimum absolute atomic E-state index is 0.173. The van der Waals surface area contributed by atoms with Gasteiger partial charge in [-0.15, -0.1) is 11.3 Å². The number of carbonyl (C=O) groups excluding carboxylic acids is 1. The molecule has 0 radical (unpaired) electrons. The molecule has 0 atom stereocenters. The van der Waals surface area contributed by atoms with Gasteiger partial charge in [0.25, 0.3) is 5.91 Å². The average Bonchev–Trinajstić information content (AvgIpc) is 3.32. The number of carbonyl (C=O) groups is 1. The van der Waals surface area contributed by atoms with E-state index >= 15 is 0 Å². The van der Waals surface area contributed by atoms with E-state index in [4.69, 9.17) is 18.9 Å². The molecular formula is C20H21N3O5S. The number of nitrogens with zero attached hydrogens (tertiary/aromatic N) is 2. The van der Waals surface area contributed by atoms with Crippen LogP contribution < -0.4 is 24.3 Å². The molecule has 0 aliphatic heterocycles. The third-order valence-electron chi connectivity index (χ3n) is 4.76. The van der Waals surface area contributed by atoms with Crippen LogP contribution >= 0.6 is 11.3 Å². The molecule has 0 unspecified atom stereocenters. The second-order valence-electron chi connectivity index (χ2n) is 6.47. The molecule has 8 nitrogen and oxygen atoms in total. The van der Waals surface area contributed by atoms with Gasteiger partial charge in [0.2, 0.25) is 11.6 Å². The summed E-state index contributed by atoms with van der Waals surface area (Å²) < 4.78 is 21.7. The monoisotopic (exact) mass is 415 g/mol. The summed E-state index contributed by atoms with van der Waals surface area (Å²) in [5.74, 6) is 1.50. The minimum Gasteiger partial charge on any atom is -0.493 e. The normalized spacial score (nSPS) is 12.5. The maximum atomic E-state index is 12.5. The van der Waals surface area contributed by atoms with Crippen molar-refractivity contribution in [3.05, 3.63) is 28.9 Å². The van der Waals surface area contributed by atoms with E-state index in [0.717, 1.165) is 29.5 Å². The Morgan fingerprint density at radius 3 is 2.55 bits per heavy atom. The topological polar surface area (TPSA) is 91.8 Å². The van der Waals surface area contributed by atoms with Gasteiger partial charge in [0.15, 0.2) is 18.1 Å². The van der Waals surface area contributed by atoms with E-state index in [9.17, 15) is 4.79 Å². The molecule has 1 aliphatic carbocycles. The SMILES string of the molecule is COc1cc(NC(=O)COc2ncnc3sc4c(c23)CCC4)cc(OC)c1OC. The number of benzene rings is 1. The number of amides is 1. The van der Waals surface area contributed by atoms with Crippen LogP contribution in [-0.4, -0.2) is 43.8 Å². The molecule has 1 aliphatic rings. The van der Waals surface area contributed by atoms with Crippen LogP contribution in [0.5, 0.6) is 23.1 Å². The third-order valence-corrected chi connectivity index (χ3v) is 5.95. The quantitative estimate of drug-likeness (QED) is 0.633. The Labute approximate surface area is 171 Å². The highest BCUT2D eigenvalue weighted by Gasteiger charge is 2.22. The van der Waals surface area contributed by atoms with Gasteiger partial charge < -0.3 is 24.3 Å². The van der Waals surface area contributed by atoms with Crippen LogP contribution in [0.3, 0.4) is 0 Å². The van der Waals surface area contributed by atoms with E-state index in [1.807, 2.05) is 0 Å². The molecule has 4 rings (SSSR count). The van der Waals surface area contributed by atoms with Gasteiger partial charge in [-0.2, -0.15) is 0 Å². The van der Waals surface area contributed by atoms with Gasteiger partial charge in [0.05, 0.1) is 26.7 Å². The maximum absolute atomic E-state index is 12.5. The molecule has 2 aromatic heterocycles. The molecule has 1 aromatic carbocycles. The molecule has 1 N–H and O–H groups in total. The van der Waals surface area contributed by atoms with Crippen molar-refractivity contribution in [2.24, 2.45) is 0 Å². The number of ether oxygens (including phenoxy) is 4. The van der Waals surface area contributed by atoms with Crippen molar-refractivity contribution in [2.75, 3.05) is 33.3 Å². The molecule has 2 heterocycles. The number of aryl methyl sites for hydroxylation is 2. The lowest BCUT2D eigenvalue weighted by atomic mass is 10.2. The first-order valence-electron chi connectivity index (χ1n) is 9.12. The second-order valence-corrected chi connectivity index (χ2v) is 7.55. The van der Waals surface area contributed by atoms with Gasteiger partial charge in [0, 0.05) is 22.7 Å². The Morgan fingerprint density at radius 1 is 1.10 bits per heavy atom. The summed E-state index contributed by atoms with van der Waals surface area (Å²) in [5.41, 5.74) is 1.77. The standard InChI is InChI=1S/C20H21N3O5S/c1-25-13-7-11(8-14(26-2)18(13)27-3)23-16(24)9-28-19-17-12-5-4-6-15(12)29-20(17)22-10-21-19/h7-8,10H,4-6,9H2,1-3H3,(H,23,24). The van der Waals surface area contributed by atoms with E-state index in [2.05, 4.69) is 15.3 Å². The van der Waals surface area contributed by atoms with E-state index in [0.29, 0.717) is 28.8 Å². The predicted octanol–water partition coefficient (Wildman–Crippen LogP) is 3.22.